The first-order chi connectivity index (χ1) is 15.2. The lowest BCUT2D eigenvalue weighted by molar-refractivity contribution is -0.148. The number of carboxylic acids is 2. The van der Waals surface area contributed by atoms with Gasteiger partial charge in [-0.05, 0) is 30.7 Å². The van der Waals surface area contributed by atoms with Gasteiger partial charge in [0.25, 0.3) is 5.91 Å². The highest BCUT2D eigenvalue weighted by Crippen LogP contribution is 2.10. The SMILES string of the molecule is CCCCNC(=O)c1ccc(Br)cc1.CO.O=CCNC(=O)OC(CCC(=O)O)C(=O)O. The van der Waals surface area contributed by atoms with E-state index in [0.717, 1.165) is 31.0 Å². The molecule has 1 aromatic rings. The summed E-state index contributed by atoms with van der Waals surface area (Å²) >= 11 is 3.33. The summed E-state index contributed by atoms with van der Waals surface area (Å²) in [5, 5.41) is 28.7. The van der Waals surface area contributed by atoms with Crippen LogP contribution in [0.25, 0.3) is 0 Å². The molecule has 32 heavy (non-hydrogen) atoms. The molecule has 5 N–H and O–H groups in total. The van der Waals surface area contributed by atoms with Gasteiger partial charge in [-0.1, -0.05) is 29.3 Å². The second-order valence-electron chi connectivity index (χ2n) is 5.83. The molecule has 0 saturated heterocycles. The number of halogens is 1. The van der Waals surface area contributed by atoms with Crippen LogP contribution in [0.15, 0.2) is 28.7 Å². The first kappa shape index (κ1) is 31.2. The monoisotopic (exact) mass is 520 g/mol. The maximum Gasteiger partial charge on any atom is 0.408 e. The Labute approximate surface area is 194 Å². The van der Waals surface area contributed by atoms with E-state index in [9.17, 15) is 24.0 Å². The van der Waals surface area contributed by atoms with Gasteiger partial charge in [-0.25, -0.2) is 9.59 Å². The van der Waals surface area contributed by atoms with E-state index in [4.69, 9.17) is 15.3 Å². The topological polar surface area (TPSA) is 179 Å². The second kappa shape index (κ2) is 19.9. The number of aldehydes is 1. The molecule has 0 fully saturated rings. The van der Waals surface area contributed by atoms with E-state index in [-0.39, 0.29) is 18.9 Å². The molecule has 0 heterocycles. The number of unbranched alkanes of at least 4 members (excludes halogenated alkanes) is 1. The molecule has 1 unspecified atom stereocenters. The standard InChI is InChI=1S/C11H14BrNO.C8H11NO7.CH4O/c1-2-3-8-13-11(14)9-4-6-10(12)7-5-9;10-4-3-9-8(15)16-5(7(13)14)1-2-6(11)12;1-2/h4-7H,2-3,8H2,1H3,(H,13,14);4-5H,1-3H2,(H,9,15)(H,11,12)(H,13,14);2H,1H3. The van der Waals surface area contributed by atoms with Crippen LogP contribution in [0.2, 0.25) is 0 Å². The second-order valence-corrected chi connectivity index (χ2v) is 6.74. The minimum atomic E-state index is -1.54. The summed E-state index contributed by atoms with van der Waals surface area (Å²) in [5.74, 6) is -2.63. The number of aliphatic carboxylic acids is 2. The van der Waals surface area contributed by atoms with Gasteiger partial charge in [0.1, 0.15) is 6.29 Å². The molecule has 0 radical (unpaired) electrons. The minimum absolute atomic E-state index is 0.00551. The predicted octanol–water partition coefficient (Wildman–Crippen LogP) is 1.82. The lowest BCUT2D eigenvalue weighted by atomic mass is 10.2. The number of carbonyl (C=O) groups is 5. The summed E-state index contributed by atoms with van der Waals surface area (Å²) in [5.41, 5.74) is 0.712. The van der Waals surface area contributed by atoms with Gasteiger partial charge in [0.15, 0.2) is 0 Å². The van der Waals surface area contributed by atoms with Crippen LogP contribution >= 0.6 is 15.9 Å². The fourth-order valence-corrected chi connectivity index (χ4v) is 2.13. The zero-order valence-electron chi connectivity index (χ0n) is 17.9. The highest BCUT2D eigenvalue weighted by atomic mass is 79.9. The number of hydrogen-bond donors (Lipinski definition) is 5. The molecule has 0 bridgehead atoms. The molecule has 0 aliphatic carbocycles. The Balaban J connectivity index is 0. The van der Waals surface area contributed by atoms with Crippen molar-refractivity contribution in [2.75, 3.05) is 20.2 Å². The van der Waals surface area contributed by atoms with E-state index in [0.29, 0.717) is 11.8 Å². The summed E-state index contributed by atoms with van der Waals surface area (Å²) in [6.45, 7) is 2.56. The highest BCUT2D eigenvalue weighted by molar-refractivity contribution is 9.10. The van der Waals surface area contributed by atoms with Gasteiger partial charge >= 0.3 is 18.0 Å². The smallest absolute Gasteiger partial charge is 0.408 e. The summed E-state index contributed by atoms with van der Waals surface area (Å²) in [6.07, 6.45) is -0.860. The largest absolute Gasteiger partial charge is 0.481 e. The van der Waals surface area contributed by atoms with E-state index in [1.54, 1.807) is 0 Å². The Bertz CT molecular complexity index is 712. The van der Waals surface area contributed by atoms with Crippen LogP contribution in [-0.4, -0.2) is 71.8 Å². The lowest BCUT2D eigenvalue weighted by Crippen LogP contribution is -2.34. The number of alkyl carbamates (subject to hydrolysis) is 1. The number of carbonyl (C=O) groups excluding carboxylic acids is 3. The van der Waals surface area contributed by atoms with Gasteiger partial charge in [0, 0.05) is 36.5 Å². The van der Waals surface area contributed by atoms with Gasteiger partial charge in [-0.2, -0.15) is 0 Å². The Kier molecular flexibility index (Phi) is 19.4. The third-order valence-corrected chi connectivity index (χ3v) is 3.93. The first-order valence-corrected chi connectivity index (χ1v) is 10.3. The van der Waals surface area contributed by atoms with Crippen LogP contribution in [0.5, 0.6) is 0 Å². The third-order valence-electron chi connectivity index (χ3n) is 3.40. The van der Waals surface area contributed by atoms with Crippen LogP contribution < -0.4 is 10.6 Å². The summed E-state index contributed by atoms with van der Waals surface area (Å²) in [4.78, 5) is 53.0. The molecule has 1 atom stereocenters. The number of carboxylic acid groups (broad SMARTS) is 2. The Hall–Kier alpha value is -2.99. The summed E-state index contributed by atoms with van der Waals surface area (Å²) in [7, 11) is 1.00. The van der Waals surface area contributed by atoms with E-state index in [1.165, 1.54) is 0 Å². The molecular weight excluding hydrogens is 492 g/mol. The molecular formula is C20H29BrN2O9. The molecule has 12 heteroatoms. The fraction of sp³-hybridized carbons (Fsp3) is 0.450. The van der Waals surface area contributed by atoms with Crippen LogP contribution in [0.1, 0.15) is 43.0 Å². The normalized spacial score (nSPS) is 10.1. The lowest BCUT2D eigenvalue weighted by Gasteiger charge is -2.12. The first-order valence-electron chi connectivity index (χ1n) is 9.52. The number of benzene rings is 1. The Morgan fingerprint density at radius 3 is 2.16 bits per heavy atom. The molecule has 180 valence electrons. The minimum Gasteiger partial charge on any atom is -0.481 e. The van der Waals surface area contributed by atoms with Crippen molar-refractivity contribution in [1.29, 1.82) is 0 Å². The summed E-state index contributed by atoms with van der Waals surface area (Å²) in [6, 6.07) is 7.36. The van der Waals surface area contributed by atoms with E-state index in [2.05, 4.69) is 32.9 Å². The van der Waals surface area contributed by atoms with Crippen molar-refractivity contribution < 1.29 is 44.0 Å². The Morgan fingerprint density at radius 1 is 1.09 bits per heavy atom. The molecule has 0 aliphatic heterocycles. The highest BCUT2D eigenvalue weighted by Gasteiger charge is 2.22. The Morgan fingerprint density at radius 2 is 1.69 bits per heavy atom. The van der Waals surface area contributed by atoms with E-state index >= 15 is 0 Å². The number of amides is 2. The van der Waals surface area contributed by atoms with Crippen molar-refractivity contribution in [2.24, 2.45) is 0 Å². The van der Waals surface area contributed by atoms with Crippen molar-refractivity contribution in [3.8, 4) is 0 Å². The van der Waals surface area contributed by atoms with Gasteiger partial charge in [-0.15, -0.1) is 0 Å². The van der Waals surface area contributed by atoms with Crippen molar-refractivity contribution in [1.82, 2.24) is 10.6 Å². The van der Waals surface area contributed by atoms with Crippen LogP contribution in [0.4, 0.5) is 4.79 Å². The summed E-state index contributed by atoms with van der Waals surface area (Å²) < 4.78 is 5.38. The average molecular weight is 521 g/mol. The number of ether oxygens (including phenoxy) is 1. The average Bonchev–Trinajstić information content (AvgIpc) is 2.77. The molecule has 1 rings (SSSR count). The van der Waals surface area contributed by atoms with Crippen molar-refractivity contribution in [2.45, 2.75) is 38.7 Å². The molecule has 11 nitrogen and oxygen atoms in total. The third kappa shape index (κ3) is 16.8. The van der Waals surface area contributed by atoms with Crippen molar-refractivity contribution in [3.05, 3.63) is 34.3 Å². The van der Waals surface area contributed by atoms with E-state index in [1.807, 2.05) is 29.6 Å². The van der Waals surface area contributed by atoms with Gasteiger partial charge in [0.05, 0.1) is 6.54 Å². The maximum atomic E-state index is 11.5. The van der Waals surface area contributed by atoms with Gasteiger partial charge in [0.2, 0.25) is 6.10 Å². The number of nitrogens with one attached hydrogen (secondary N) is 2. The molecule has 0 aliphatic rings. The van der Waals surface area contributed by atoms with Crippen molar-refractivity contribution >= 4 is 46.2 Å². The van der Waals surface area contributed by atoms with E-state index < -0.39 is 30.6 Å². The van der Waals surface area contributed by atoms with Crippen LogP contribution in [0, 0.1) is 0 Å². The number of rotatable bonds is 11. The quantitative estimate of drug-likeness (QED) is 0.214. The zero-order valence-corrected chi connectivity index (χ0v) is 19.5. The zero-order chi connectivity index (χ0) is 24.9. The molecule has 0 saturated carbocycles. The van der Waals surface area contributed by atoms with Crippen molar-refractivity contribution in [3.63, 3.8) is 0 Å². The number of aliphatic hydroxyl groups excluding tert-OH is 1. The van der Waals surface area contributed by atoms with Gasteiger partial charge in [-0.3, -0.25) is 9.59 Å². The van der Waals surface area contributed by atoms with Gasteiger partial charge < -0.3 is 35.5 Å². The predicted molar refractivity (Wildman–Crippen MR) is 118 cm³/mol. The number of hydrogen-bond acceptors (Lipinski definition) is 7. The van der Waals surface area contributed by atoms with Crippen LogP contribution in [-0.2, 0) is 19.1 Å². The number of aliphatic hydroxyl groups is 1. The maximum absolute atomic E-state index is 11.5. The molecule has 0 spiro atoms. The molecule has 2 amide bonds. The van der Waals surface area contributed by atoms with Crippen LogP contribution in [0.3, 0.4) is 0 Å². The molecule has 0 aromatic heterocycles. The molecule has 1 aromatic carbocycles. The fourth-order valence-electron chi connectivity index (χ4n) is 1.87.